The second kappa shape index (κ2) is 5.36. The highest BCUT2D eigenvalue weighted by molar-refractivity contribution is 5.88. The molecule has 3 nitrogen and oxygen atoms in total. The Labute approximate surface area is 106 Å². The summed E-state index contributed by atoms with van der Waals surface area (Å²) >= 11 is 0. The standard InChI is InChI=1S/C15H14O3/c1-11-7-8-13(15(16)17)9-14(11)18-10-12-5-3-2-4-6-12/h2-9H,10H2,1H3,(H,16,17). The zero-order valence-corrected chi connectivity index (χ0v) is 10.1. The number of carboxylic acids is 1. The molecule has 0 spiro atoms. The Kier molecular flexibility index (Phi) is 3.63. The third kappa shape index (κ3) is 2.88. The Bertz CT molecular complexity index is 547. The third-order valence-electron chi connectivity index (χ3n) is 2.67. The maximum atomic E-state index is 10.9. The molecule has 0 aliphatic heterocycles. The predicted octanol–water partition coefficient (Wildman–Crippen LogP) is 3.27. The van der Waals surface area contributed by atoms with Gasteiger partial charge in [-0.2, -0.15) is 0 Å². The number of aryl methyl sites for hydroxylation is 1. The molecule has 0 radical (unpaired) electrons. The van der Waals surface area contributed by atoms with Gasteiger partial charge in [0.2, 0.25) is 0 Å². The van der Waals surface area contributed by atoms with Gasteiger partial charge in [0.1, 0.15) is 12.4 Å². The molecule has 92 valence electrons. The molecule has 0 aromatic heterocycles. The number of benzene rings is 2. The fourth-order valence-corrected chi connectivity index (χ4v) is 1.62. The van der Waals surface area contributed by atoms with E-state index in [4.69, 9.17) is 9.84 Å². The molecule has 1 N–H and O–H groups in total. The molecule has 0 unspecified atom stereocenters. The number of carboxylic acid groups (broad SMARTS) is 1. The molecule has 0 aliphatic rings. The highest BCUT2D eigenvalue weighted by atomic mass is 16.5. The number of aromatic carboxylic acids is 1. The van der Waals surface area contributed by atoms with Gasteiger partial charge in [-0.25, -0.2) is 4.79 Å². The van der Waals surface area contributed by atoms with E-state index in [1.165, 1.54) is 0 Å². The SMILES string of the molecule is Cc1ccc(C(=O)O)cc1OCc1ccccc1. The van der Waals surface area contributed by atoms with Crippen LogP contribution in [0.15, 0.2) is 48.5 Å². The summed E-state index contributed by atoms with van der Waals surface area (Å²) in [5.74, 6) is -0.335. The Hall–Kier alpha value is -2.29. The van der Waals surface area contributed by atoms with Crippen molar-refractivity contribution < 1.29 is 14.6 Å². The van der Waals surface area contributed by atoms with Crippen LogP contribution in [0.5, 0.6) is 5.75 Å². The average molecular weight is 242 g/mol. The topological polar surface area (TPSA) is 46.5 Å². The van der Waals surface area contributed by atoms with Crippen LogP contribution in [-0.4, -0.2) is 11.1 Å². The van der Waals surface area contributed by atoms with E-state index in [0.717, 1.165) is 11.1 Å². The zero-order chi connectivity index (χ0) is 13.0. The summed E-state index contributed by atoms with van der Waals surface area (Å²) in [7, 11) is 0. The summed E-state index contributed by atoms with van der Waals surface area (Å²) in [5, 5.41) is 8.93. The van der Waals surface area contributed by atoms with Crippen molar-refractivity contribution in [2.24, 2.45) is 0 Å². The van der Waals surface area contributed by atoms with E-state index in [2.05, 4.69) is 0 Å². The first-order valence-electron chi connectivity index (χ1n) is 5.67. The second-order valence-electron chi connectivity index (χ2n) is 4.06. The summed E-state index contributed by atoms with van der Waals surface area (Å²) in [5.41, 5.74) is 2.22. The lowest BCUT2D eigenvalue weighted by atomic mass is 10.1. The highest BCUT2D eigenvalue weighted by Gasteiger charge is 2.07. The van der Waals surface area contributed by atoms with Gasteiger partial charge in [0.25, 0.3) is 0 Å². The van der Waals surface area contributed by atoms with Crippen LogP contribution in [0.3, 0.4) is 0 Å². The van der Waals surface area contributed by atoms with Gasteiger partial charge >= 0.3 is 5.97 Å². The van der Waals surface area contributed by atoms with Crippen molar-refractivity contribution in [3.05, 3.63) is 65.2 Å². The van der Waals surface area contributed by atoms with Crippen molar-refractivity contribution in [3.8, 4) is 5.75 Å². The first-order chi connectivity index (χ1) is 8.66. The highest BCUT2D eigenvalue weighted by Crippen LogP contribution is 2.20. The van der Waals surface area contributed by atoms with Crippen LogP contribution in [0.25, 0.3) is 0 Å². The fraction of sp³-hybridized carbons (Fsp3) is 0.133. The molecule has 0 bridgehead atoms. The monoisotopic (exact) mass is 242 g/mol. The minimum absolute atomic E-state index is 0.240. The Morgan fingerprint density at radius 2 is 1.89 bits per heavy atom. The average Bonchev–Trinajstić information content (AvgIpc) is 2.38. The Balaban J connectivity index is 2.14. The van der Waals surface area contributed by atoms with Crippen molar-refractivity contribution in [1.82, 2.24) is 0 Å². The molecule has 0 atom stereocenters. The maximum Gasteiger partial charge on any atom is 0.335 e. The summed E-state index contributed by atoms with van der Waals surface area (Å²) in [6, 6.07) is 14.7. The van der Waals surface area contributed by atoms with E-state index in [1.807, 2.05) is 37.3 Å². The number of rotatable bonds is 4. The minimum atomic E-state index is -0.945. The zero-order valence-electron chi connectivity index (χ0n) is 10.1. The number of carbonyl (C=O) groups is 1. The quantitative estimate of drug-likeness (QED) is 0.895. The number of ether oxygens (including phenoxy) is 1. The van der Waals surface area contributed by atoms with Crippen molar-refractivity contribution in [3.63, 3.8) is 0 Å². The van der Waals surface area contributed by atoms with Crippen molar-refractivity contribution in [2.75, 3.05) is 0 Å². The van der Waals surface area contributed by atoms with E-state index >= 15 is 0 Å². The molecule has 0 saturated carbocycles. The molecule has 0 amide bonds. The molecule has 3 heteroatoms. The molecule has 18 heavy (non-hydrogen) atoms. The van der Waals surface area contributed by atoms with E-state index < -0.39 is 5.97 Å². The summed E-state index contributed by atoms with van der Waals surface area (Å²) < 4.78 is 5.65. The van der Waals surface area contributed by atoms with Gasteiger partial charge in [-0.1, -0.05) is 36.4 Å². The molecule has 0 heterocycles. The first kappa shape index (κ1) is 12.2. The maximum absolute atomic E-state index is 10.9. The molecule has 2 aromatic carbocycles. The van der Waals surface area contributed by atoms with Crippen molar-refractivity contribution in [1.29, 1.82) is 0 Å². The summed E-state index contributed by atoms with van der Waals surface area (Å²) in [6.45, 7) is 2.33. The number of hydrogen-bond acceptors (Lipinski definition) is 2. The van der Waals surface area contributed by atoms with Gasteiger partial charge in [-0.3, -0.25) is 0 Å². The predicted molar refractivity (Wildman–Crippen MR) is 68.9 cm³/mol. The van der Waals surface area contributed by atoms with E-state index in [1.54, 1.807) is 18.2 Å². The molecule has 2 rings (SSSR count). The van der Waals surface area contributed by atoms with Crippen LogP contribution in [0.1, 0.15) is 21.5 Å². The lowest BCUT2D eigenvalue weighted by Crippen LogP contribution is -2.00. The smallest absolute Gasteiger partial charge is 0.335 e. The second-order valence-corrected chi connectivity index (χ2v) is 4.06. The first-order valence-corrected chi connectivity index (χ1v) is 5.67. The minimum Gasteiger partial charge on any atom is -0.489 e. The molecule has 2 aromatic rings. The van der Waals surface area contributed by atoms with Gasteiger partial charge in [-0.05, 0) is 30.2 Å². The molecular weight excluding hydrogens is 228 g/mol. The Morgan fingerprint density at radius 1 is 1.17 bits per heavy atom. The van der Waals surface area contributed by atoms with Crippen molar-refractivity contribution in [2.45, 2.75) is 13.5 Å². The largest absolute Gasteiger partial charge is 0.489 e. The lowest BCUT2D eigenvalue weighted by Gasteiger charge is -2.09. The molecular formula is C15H14O3. The van der Waals surface area contributed by atoms with Gasteiger partial charge < -0.3 is 9.84 Å². The van der Waals surface area contributed by atoms with Crippen LogP contribution < -0.4 is 4.74 Å². The fourth-order valence-electron chi connectivity index (χ4n) is 1.62. The summed E-state index contributed by atoms with van der Waals surface area (Å²) in [4.78, 5) is 10.9. The van der Waals surface area contributed by atoms with Crippen molar-refractivity contribution >= 4 is 5.97 Å². The molecule has 0 saturated heterocycles. The number of hydrogen-bond donors (Lipinski definition) is 1. The van der Waals surface area contributed by atoms with E-state index in [9.17, 15) is 4.79 Å². The van der Waals surface area contributed by atoms with E-state index in [-0.39, 0.29) is 5.56 Å². The van der Waals surface area contributed by atoms with Crippen LogP contribution in [0.2, 0.25) is 0 Å². The van der Waals surface area contributed by atoms with E-state index in [0.29, 0.717) is 12.4 Å². The van der Waals surface area contributed by atoms with Gasteiger partial charge in [0.05, 0.1) is 5.56 Å². The van der Waals surface area contributed by atoms with Gasteiger partial charge in [0.15, 0.2) is 0 Å². The van der Waals surface area contributed by atoms with Crippen LogP contribution in [-0.2, 0) is 6.61 Å². The van der Waals surface area contributed by atoms with Crippen LogP contribution >= 0.6 is 0 Å². The Morgan fingerprint density at radius 3 is 2.56 bits per heavy atom. The van der Waals surface area contributed by atoms with Gasteiger partial charge in [-0.15, -0.1) is 0 Å². The van der Waals surface area contributed by atoms with Crippen LogP contribution in [0.4, 0.5) is 0 Å². The molecule has 0 aliphatic carbocycles. The summed E-state index contributed by atoms with van der Waals surface area (Å²) in [6.07, 6.45) is 0. The van der Waals surface area contributed by atoms with Gasteiger partial charge in [0, 0.05) is 0 Å². The molecule has 0 fully saturated rings. The third-order valence-corrected chi connectivity index (χ3v) is 2.67. The normalized spacial score (nSPS) is 10.1. The lowest BCUT2D eigenvalue weighted by molar-refractivity contribution is 0.0696. The van der Waals surface area contributed by atoms with Crippen LogP contribution in [0, 0.1) is 6.92 Å².